The van der Waals surface area contributed by atoms with E-state index in [2.05, 4.69) is 34.6 Å². The third-order valence-corrected chi connectivity index (χ3v) is 5.29. The molecule has 1 aromatic rings. The first-order valence-electron chi connectivity index (χ1n) is 7.92. The van der Waals surface area contributed by atoms with Crippen LogP contribution >= 0.6 is 11.3 Å². The topological polar surface area (TPSA) is 29.5 Å². The van der Waals surface area contributed by atoms with Crippen molar-refractivity contribution in [1.29, 1.82) is 0 Å². The van der Waals surface area contributed by atoms with Crippen molar-refractivity contribution in [3.05, 3.63) is 28.5 Å². The molecule has 1 amide bonds. The summed E-state index contributed by atoms with van der Waals surface area (Å²) in [6.07, 6.45) is 9.37. The van der Waals surface area contributed by atoms with Gasteiger partial charge in [-0.1, -0.05) is 12.1 Å². The standard InChI is InChI=1S/C17H23NO2S/c19-17(13-14-7-10-20-11-8-14)18-9-1-3-15(18)5-6-16-4-2-12-21-16/h2,4-6,12,14-15H,1,3,7-11,13H2. The van der Waals surface area contributed by atoms with Crippen molar-refractivity contribution in [3.8, 4) is 0 Å². The Morgan fingerprint density at radius 3 is 3.00 bits per heavy atom. The first kappa shape index (κ1) is 14.8. The zero-order valence-electron chi connectivity index (χ0n) is 12.4. The van der Waals surface area contributed by atoms with Gasteiger partial charge in [0.25, 0.3) is 0 Å². The highest BCUT2D eigenvalue weighted by Crippen LogP contribution is 2.25. The SMILES string of the molecule is O=C(CC1CCOCC1)N1CCCC1C=Cc1cccs1. The molecule has 0 saturated carbocycles. The molecule has 4 heteroatoms. The average Bonchev–Trinajstić information content (AvgIpc) is 3.17. The van der Waals surface area contributed by atoms with Crippen LogP contribution in [-0.2, 0) is 9.53 Å². The second-order valence-electron chi connectivity index (χ2n) is 5.93. The van der Waals surface area contributed by atoms with Gasteiger partial charge in [0.2, 0.25) is 5.91 Å². The summed E-state index contributed by atoms with van der Waals surface area (Å²) in [5.41, 5.74) is 0. The minimum atomic E-state index is 0.291. The lowest BCUT2D eigenvalue weighted by molar-refractivity contribution is -0.132. The molecule has 3 nitrogen and oxygen atoms in total. The number of nitrogens with zero attached hydrogens (tertiary/aromatic N) is 1. The summed E-state index contributed by atoms with van der Waals surface area (Å²) in [7, 11) is 0. The molecule has 3 heterocycles. The van der Waals surface area contributed by atoms with Crippen molar-refractivity contribution in [2.75, 3.05) is 19.8 Å². The molecule has 1 aromatic heterocycles. The van der Waals surface area contributed by atoms with Crippen LogP contribution in [0.25, 0.3) is 6.08 Å². The third kappa shape index (κ3) is 3.95. The number of thiophene rings is 1. The molecular formula is C17H23NO2S. The van der Waals surface area contributed by atoms with Crippen LogP contribution in [0.3, 0.4) is 0 Å². The fourth-order valence-corrected chi connectivity index (χ4v) is 3.84. The normalized spacial score (nSPS) is 24.0. The van der Waals surface area contributed by atoms with Gasteiger partial charge in [-0.05, 0) is 49.1 Å². The Morgan fingerprint density at radius 2 is 2.24 bits per heavy atom. The van der Waals surface area contributed by atoms with Crippen LogP contribution < -0.4 is 0 Å². The van der Waals surface area contributed by atoms with E-state index >= 15 is 0 Å². The average molecular weight is 305 g/mol. The van der Waals surface area contributed by atoms with E-state index < -0.39 is 0 Å². The Kier molecular flexibility index (Phi) is 5.09. The van der Waals surface area contributed by atoms with Crippen LogP contribution in [0.1, 0.15) is 37.0 Å². The second kappa shape index (κ2) is 7.23. The monoisotopic (exact) mass is 305 g/mol. The molecule has 1 atom stereocenters. The Balaban J connectivity index is 1.56. The molecule has 2 aliphatic rings. The molecule has 3 rings (SSSR count). The molecule has 2 aliphatic heterocycles. The van der Waals surface area contributed by atoms with Crippen molar-refractivity contribution in [3.63, 3.8) is 0 Å². The second-order valence-corrected chi connectivity index (χ2v) is 6.91. The number of carbonyl (C=O) groups is 1. The van der Waals surface area contributed by atoms with Crippen LogP contribution in [-0.4, -0.2) is 36.6 Å². The van der Waals surface area contributed by atoms with E-state index in [0.29, 0.717) is 24.3 Å². The van der Waals surface area contributed by atoms with E-state index in [1.54, 1.807) is 11.3 Å². The molecular weight excluding hydrogens is 282 g/mol. The van der Waals surface area contributed by atoms with Gasteiger partial charge < -0.3 is 9.64 Å². The van der Waals surface area contributed by atoms with Gasteiger partial charge in [-0.3, -0.25) is 4.79 Å². The highest BCUT2D eigenvalue weighted by Gasteiger charge is 2.28. The number of hydrogen-bond acceptors (Lipinski definition) is 3. The van der Waals surface area contributed by atoms with Gasteiger partial charge in [-0.2, -0.15) is 0 Å². The lowest BCUT2D eigenvalue weighted by atomic mass is 9.96. The van der Waals surface area contributed by atoms with E-state index in [4.69, 9.17) is 4.74 Å². The lowest BCUT2D eigenvalue weighted by Gasteiger charge is -2.27. The summed E-state index contributed by atoms with van der Waals surface area (Å²) < 4.78 is 5.37. The van der Waals surface area contributed by atoms with Crippen LogP contribution in [0, 0.1) is 5.92 Å². The maximum Gasteiger partial charge on any atom is 0.223 e. The highest BCUT2D eigenvalue weighted by molar-refractivity contribution is 7.10. The summed E-state index contributed by atoms with van der Waals surface area (Å²) in [5, 5.41) is 2.09. The number of likely N-dealkylation sites (tertiary alicyclic amines) is 1. The van der Waals surface area contributed by atoms with Crippen molar-refractivity contribution in [2.45, 2.75) is 38.1 Å². The molecule has 0 aromatic carbocycles. The molecule has 0 spiro atoms. The maximum atomic E-state index is 12.5. The molecule has 2 fully saturated rings. The van der Waals surface area contributed by atoms with Crippen molar-refractivity contribution < 1.29 is 9.53 Å². The first-order valence-corrected chi connectivity index (χ1v) is 8.80. The number of amides is 1. The highest BCUT2D eigenvalue weighted by atomic mass is 32.1. The van der Waals surface area contributed by atoms with E-state index in [9.17, 15) is 4.79 Å². The Bertz CT molecular complexity index is 477. The van der Waals surface area contributed by atoms with Gasteiger partial charge >= 0.3 is 0 Å². The molecule has 21 heavy (non-hydrogen) atoms. The zero-order chi connectivity index (χ0) is 14.5. The predicted molar refractivity (Wildman–Crippen MR) is 86.2 cm³/mol. The molecule has 2 saturated heterocycles. The van der Waals surface area contributed by atoms with E-state index in [0.717, 1.165) is 45.4 Å². The largest absolute Gasteiger partial charge is 0.381 e. The Hall–Kier alpha value is -1.13. The molecule has 0 aliphatic carbocycles. The molecule has 114 valence electrons. The van der Waals surface area contributed by atoms with Gasteiger partial charge in [0.05, 0.1) is 6.04 Å². The fourth-order valence-electron chi connectivity index (χ4n) is 3.21. The minimum Gasteiger partial charge on any atom is -0.381 e. The smallest absolute Gasteiger partial charge is 0.223 e. The molecule has 0 bridgehead atoms. The summed E-state index contributed by atoms with van der Waals surface area (Å²) in [6, 6.07) is 4.47. The number of ether oxygens (including phenoxy) is 1. The van der Waals surface area contributed by atoms with Crippen molar-refractivity contribution in [2.24, 2.45) is 5.92 Å². The van der Waals surface area contributed by atoms with E-state index in [1.807, 2.05) is 0 Å². The molecule has 0 radical (unpaired) electrons. The number of rotatable bonds is 4. The van der Waals surface area contributed by atoms with Crippen molar-refractivity contribution in [1.82, 2.24) is 4.90 Å². The van der Waals surface area contributed by atoms with Crippen molar-refractivity contribution >= 4 is 23.3 Å². The fraction of sp³-hybridized carbons (Fsp3) is 0.588. The number of carbonyl (C=O) groups excluding carboxylic acids is 1. The van der Waals surface area contributed by atoms with Gasteiger partial charge in [-0.25, -0.2) is 0 Å². The first-order chi connectivity index (χ1) is 10.3. The minimum absolute atomic E-state index is 0.291. The zero-order valence-corrected chi connectivity index (χ0v) is 13.2. The lowest BCUT2D eigenvalue weighted by Crippen LogP contribution is -2.36. The summed E-state index contributed by atoms with van der Waals surface area (Å²) in [6.45, 7) is 2.56. The summed E-state index contributed by atoms with van der Waals surface area (Å²) in [5.74, 6) is 0.856. The van der Waals surface area contributed by atoms with Gasteiger partial charge in [-0.15, -0.1) is 11.3 Å². The van der Waals surface area contributed by atoms with Crippen LogP contribution in [0.4, 0.5) is 0 Å². The third-order valence-electron chi connectivity index (χ3n) is 4.45. The van der Waals surface area contributed by atoms with Gasteiger partial charge in [0.1, 0.15) is 0 Å². The van der Waals surface area contributed by atoms with Crippen LogP contribution in [0.2, 0.25) is 0 Å². The molecule has 1 unspecified atom stereocenters. The Morgan fingerprint density at radius 1 is 1.38 bits per heavy atom. The quantitative estimate of drug-likeness (QED) is 0.851. The van der Waals surface area contributed by atoms with Crippen LogP contribution in [0.15, 0.2) is 23.6 Å². The van der Waals surface area contributed by atoms with E-state index in [-0.39, 0.29) is 0 Å². The van der Waals surface area contributed by atoms with E-state index in [1.165, 1.54) is 4.88 Å². The predicted octanol–water partition coefficient (Wildman–Crippen LogP) is 3.57. The molecule has 0 N–H and O–H groups in total. The van der Waals surface area contributed by atoms with Gasteiger partial charge in [0, 0.05) is 31.1 Å². The maximum absolute atomic E-state index is 12.5. The number of hydrogen-bond donors (Lipinski definition) is 0. The van der Waals surface area contributed by atoms with Gasteiger partial charge in [0.15, 0.2) is 0 Å². The summed E-state index contributed by atoms with van der Waals surface area (Å²) in [4.78, 5) is 15.9. The van der Waals surface area contributed by atoms with Crippen LogP contribution in [0.5, 0.6) is 0 Å². The summed E-state index contributed by atoms with van der Waals surface area (Å²) >= 11 is 1.74. The Labute approximate surface area is 130 Å².